The Morgan fingerprint density at radius 2 is 2.00 bits per heavy atom. The summed E-state index contributed by atoms with van der Waals surface area (Å²) < 4.78 is 67.3. The van der Waals surface area contributed by atoms with Gasteiger partial charge in [0.2, 0.25) is 10.0 Å². The van der Waals surface area contributed by atoms with Gasteiger partial charge in [0.15, 0.2) is 0 Å². The van der Waals surface area contributed by atoms with E-state index >= 15 is 0 Å². The number of aromatic nitrogens is 1. The van der Waals surface area contributed by atoms with Gasteiger partial charge in [0.25, 0.3) is 0 Å². The topological polar surface area (TPSA) is 107 Å². The SMILES string of the molecule is COC(=O)c1cnc(NCc2ccccc2OC(F)F)c(S(=O)(=O)N2CCOCC2)c1. The predicted octanol–water partition coefficient (Wildman–Crippen LogP) is 2.10. The molecule has 1 N–H and O–H groups in total. The van der Waals surface area contributed by atoms with Crippen LogP contribution < -0.4 is 10.1 Å². The first-order valence-electron chi connectivity index (χ1n) is 9.25. The van der Waals surface area contributed by atoms with Crippen LogP contribution in [0.5, 0.6) is 5.75 Å². The van der Waals surface area contributed by atoms with Gasteiger partial charge in [0.1, 0.15) is 16.5 Å². The van der Waals surface area contributed by atoms with E-state index in [2.05, 4.69) is 19.8 Å². The van der Waals surface area contributed by atoms with E-state index in [1.54, 1.807) is 18.2 Å². The molecule has 0 saturated carbocycles. The third-order valence-electron chi connectivity index (χ3n) is 4.50. The lowest BCUT2D eigenvalue weighted by atomic mass is 10.2. The summed E-state index contributed by atoms with van der Waals surface area (Å²) in [6, 6.07) is 7.28. The van der Waals surface area contributed by atoms with Crippen LogP contribution in [0.15, 0.2) is 41.4 Å². The number of para-hydroxylation sites is 1. The molecule has 2 heterocycles. The van der Waals surface area contributed by atoms with Gasteiger partial charge in [-0.25, -0.2) is 18.2 Å². The van der Waals surface area contributed by atoms with Crippen molar-refractivity contribution in [3.63, 3.8) is 0 Å². The van der Waals surface area contributed by atoms with Crippen molar-refractivity contribution in [2.75, 3.05) is 38.7 Å². The number of carbonyl (C=O) groups excluding carboxylic acids is 1. The molecule has 0 atom stereocenters. The fourth-order valence-electron chi connectivity index (χ4n) is 2.97. The smallest absolute Gasteiger partial charge is 0.387 e. The highest BCUT2D eigenvalue weighted by Gasteiger charge is 2.30. The van der Waals surface area contributed by atoms with Crippen molar-refractivity contribution in [1.82, 2.24) is 9.29 Å². The van der Waals surface area contributed by atoms with Gasteiger partial charge < -0.3 is 19.5 Å². The fourth-order valence-corrected chi connectivity index (χ4v) is 4.52. The summed E-state index contributed by atoms with van der Waals surface area (Å²) in [6.07, 6.45) is 1.17. The Morgan fingerprint density at radius 1 is 1.29 bits per heavy atom. The number of rotatable bonds is 8. The van der Waals surface area contributed by atoms with Crippen LogP contribution in [0.3, 0.4) is 0 Å². The first-order valence-corrected chi connectivity index (χ1v) is 10.7. The number of nitrogens with one attached hydrogen (secondary N) is 1. The van der Waals surface area contributed by atoms with Gasteiger partial charge in [-0.05, 0) is 12.1 Å². The number of ether oxygens (including phenoxy) is 3. The Kier molecular flexibility index (Phi) is 7.36. The van der Waals surface area contributed by atoms with Crippen LogP contribution in [0.2, 0.25) is 0 Å². The van der Waals surface area contributed by atoms with Crippen molar-refractivity contribution >= 4 is 21.8 Å². The second-order valence-electron chi connectivity index (χ2n) is 6.42. The molecule has 1 fully saturated rings. The van der Waals surface area contributed by atoms with Gasteiger partial charge in [0.05, 0.1) is 25.9 Å². The van der Waals surface area contributed by atoms with Crippen molar-refractivity contribution in [3.05, 3.63) is 47.7 Å². The van der Waals surface area contributed by atoms with Gasteiger partial charge >= 0.3 is 12.6 Å². The minimum absolute atomic E-state index is 0.0361. The number of hydrogen-bond donors (Lipinski definition) is 1. The molecule has 168 valence electrons. The highest BCUT2D eigenvalue weighted by molar-refractivity contribution is 7.89. The maximum absolute atomic E-state index is 13.2. The standard InChI is InChI=1S/C19H21F2N3O6S/c1-28-18(25)14-10-16(31(26,27)24-6-8-29-9-7-24)17(23-12-14)22-11-13-4-2-3-5-15(13)30-19(20)21/h2-5,10,12,19H,6-9,11H2,1H3,(H,22,23). The van der Waals surface area contributed by atoms with E-state index in [0.717, 1.165) is 0 Å². The monoisotopic (exact) mass is 457 g/mol. The van der Waals surface area contributed by atoms with Crippen molar-refractivity contribution in [2.45, 2.75) is 18.1 Å². The van der Waals surface area contributed by atoms with E-state index in [1.807, 2.05) is 0 Å². The van der Waals surface area contributed by atoms with E-state index in [1.165, 1.54) is 29.7 Å². The molecule has 0 radical (unpaired) electrons. The number of halogens is 2. The Labute approximate surface area is 178 Å². The molecule has 0 amide bonds. The van der Waals surface area contributed by atoms with E-state index < -0.39 is 22.6 Å². The minimum atomic E-state index is -4.02. The maximum atomic E-state index is 13.2. The number of nitrogens with zero attached hydrogens (tertiary/aromatic N) is 2. The quantitative estimate of drug-likeness (QED) is 0.601. The number of methoxy groups -OCH3 is 1. The van der Waals surface area contributed by atoms with Crippen molar-refractivity contribution < 1.29 is 36.2 Å². The molecule has 1 aliphatic heterocycles. The number of carbonyl (C=O) groups is 1. The number of alkyl halides is 2. The molecule has 0 spiro atoms. The predicted molar refractivity (Wildman–Crippen MR) is 106 cm³/mol. The summed E-state index contributed by atoms with van der Waals surface area (Å²) in [5, 5.41) is 2.85. The molecule has 0 aliphatic carbocycles. The molecule has 3 rings (SSSR count). The number of benzene rings is 1. The Morgan fingerprint density at radius 3 is 2.68 bits per heavy atom. The van der Waals surface area contributed by atoms with Gasteiger partial charge in [-0.2, -0.15) is 13.1 Å². The van der Waals surface area contributed by atoms with Crippen LogP contribution in [-0.4, -0.2) is 63.7 Å². The number of sulfonamides is 1. The number of esters is 1. The summed E-state index contributed by atoms with van der Waals surface area (Å²) >= 11 is 0. The zero-order valence-corrected chi connectivity index (χ0v) is 17.4. The highest BCUT2D eigenvalue weighted by Crippen LogP contribution is 2.27. The molecular formula is C19H21F2N3O6S. The summed E-state index contributed by atoms with van der Waals surface area (Å²) in [5.41, 5.74) is 0.331. The molecule has 1 saturated heterocycles. The zero-order chi connectivity index (χ0) is 22.4. The second kappa shape index (κ2) is 9.98. The summed E-state index contributed by atoms with van der Waals surface area (Å²) in [4.78, 5) is 15.8. The number of anilines is 1. The summed E-state index contributed by atoms with van der Waals surface area (Å²) in [6.45, 7) is -2.27. The van der Waals surface area contributed by atoms with Crippen LogP contribution in [0.1, 0.15) is 15.9 Å². The molecule has 2 aromatic rings. The van der Waals surface area contributed by atoms with Crippen LogP contribution >= 0.6 is 0 Å². The average molecular weight is 457 g/mol. The molecule has 0 unspecified atom stereocenters. The lowest BCUT2D eigenvalue weighted by molar-refractivity contribution is -0.0504. The fraction of sp³-hybridized carbons (Fsp3) is 0.368. The maximum Gasteiger partial charge on any atom is 0.387 e. The van der Waals surface area contributed by atoms with Crippen LogP contribution in [0.25, 0.3) is 0 Å². The van der Waals surface area contributed by atoms with Gasteiger partial charge in [-0.15, -0.1) is 0 Å². The first kappa shape index (κ1) is 22.8. The lowest BCUT2D eigenvalue weighted by Crippen LogP contribution is -2.41. The number of morpholine rings is 1. The average Bonchev–Trinajstić information content (AvgIpc) is 2.78. The molecule has 12 heteroatoms. The van der Waals surface area contributed by atoms with Crippen LogP contribution in [0, 0.1) is 0 Å². The molecule has 1 aromatic heterocycles. The first-order chi connectivity index (χ1) is 14.8. The third-order valence-corrected chi connectivity index (χ3v) is 6.41. The van der Waals surface area contributed by atoms with Gasteiger partial charge in [-0.3, -0.25) is 0 Å². The molecule has 31 heavy (non-hydrogen) atoms. The third kappa shape index (κ3) is 5.46. The number of pyridine rings is 1. The molecule has 0 bridgehead atoms. The van der Waals surface area contributed by atoms with Gasteiger partial charge in [0, 0.05) is 31.4 Å². The van der Waals surface area contributed by atoms with E-state index in [4.69, 9.17) is 4.74 Å². The van der Waals surface area contributed by atoms with Crippen LogP contribution in [-0.2, 0) is 26.0 Å². The minimum Gasteiger partial charge on any atom is -0.465 e. The van der Waals surface area contributed by atoms with E-state index in [9.17, 15) is 22.0 Å². The zero-order valence-electron chi connectivity index (χ0n) is 16.6. The Balaban J connectivity index is 1.94. The van der Waals surface area contributed by atoms with Crippen LogP contribution in [0.4, 0.5) is 14.6 Å². The lowest BCUT2D eigenvalue weighted by Gasteiger charge is -2.27. The highest BCUT2D eigenvalue weighted by atomic mass is 32.2. The van der Waals surface area contributed by atoms with Crippen molar-refractivity contribution in [3.8, 4) is 5.75 Å². The molecular weight excluding hydrogens is 436 g/mol. The summed E-state index contributed by atoms with van der Waals surface area (Å²) in [7, 11) is -2.85. The van der Waals surface area contributed by atoms with Crippen molar-refractivity contribution in [1.29, 1.82) is 0 Å². The van der Waals surface area contributed by atoms with E-state index in [0.29, 0.717) is 5.56 Å². The van der Waals surface area contributed by atoms with Crippen molar-refractivity contribution in [2.24, 2.45) is 0 Å². The molecule has 1 aliphatic rings. The normalized spacial score (nSPS) is 15.0. The van der Waals surface area contributed by atoms with E-state index in [-0.39, 0.29) is 54.9 Å². The second-order valence-corrected chi connectivity index (χ2v) is 8.32. The Hall–Kier alpha value is -2.83. The Bertz CT molecular complexity index is 1030. The largest absolute Gasteiger partial charge is 0.465 e. The number of hydrogen-bond acceptors (Lipinski definition) is 8. The molecule has 9 nitrogen and oxygen atoms in total. The summed E-state index contributed by atoms with van der Waals surface area (Å²) in [5.74, 6) is -0.826. The molecule has 1 aromatic carbocycles. The van der Waals surface area contributed by atoms with Gasteiger partial charge in [-0.1, -0.05) is 18.2 Å².